The molecule has 4 aliphatic rings. The van der Waals surface area contributed by atoms with E-state index in [9.17, 15) is 0 Å². The summed E-state index contributed by atoms with van der Waals surface area (Å²) >= 11 is 0. The van der Waals surface area contributed by atoms with Gasteiger partial charge in [0.25, 0.3) is 0 Å². The number of hydrogen-bond donors (Lipinski definition) is 0. The van der Waals surface area contributed by atoms with Gasteiger partial charge in [-0.2, -0.15) is 0 Å². The van der Waals surface area contributed by atoms with Crippen molar-refractivity contribution in [3.63, 3.8) is 0 Å². The fraction of sp³-hybridized carbons (Fsp3) is 0. The Labute approximate surface area is 426 Å². The minimum absolute atomic E-state index is 0.825. The van der Waals surface area contributed by atoms with Crippen molar-refractivity contribution in [3.05, 3.63) is 243 Å². The highest BCUT2D eigenvalue weighted by atomic mass is 16.5. The van der Waals surface area contributed by atoms with Gasteiger partial charge in [-0.05, 0) is 183 Å². The molecule has 74 heavy (non-hydrogen) atoms. The number of hydrogen-bond acceptors (Lipinski definition) is 4. The Balaban J connectivity index is 1.03. The second-order valence-electron chi connectivity index (χ2n) is 19.8. The molecule has 13 aromatic carbocycles. The van der Waals surface area contributed by atoms with E-state index in [1.165, 1.54) is 110 Å². The predicted molar refractivity (Wildman–Crippen MR) is 306 cm³/mol. The number of nitrogens with zero attached hydrogens (tertiary/aromatic N) is 2. The smallest absolute Gasteiger partial charge is 0.151 e. The SMILES string of the molecule is c1ccc2c(c1)Oc1ccccc1N2c1ccc2c(-c3ccc4c5c(cccc35)-c3ccccc3-4)c3cc(N4c5ccccc5Oc5ccccc54)ccc3c(-c3ccc4c5c(cccc35)-c3ccccc3-4)c2c1. The van der Waals surface area contributed by atoms with Crippen LogP contribution in [0.3, 0.4) is 0 Å². The van der Waals surface area contributed by atoms with Crippen LogP contribution >= 0.6 is 0 Å². The molecule has 13 aromatic rings. The second-order valence-corrected chi connectivity index (χ2v) is 19.8. The average Bonchev–Trinajstić information content (AvgIpc) is 4.03. The fourth-order valence-electron chi connectivity index (χ4n) is 13.1. The van der Waals surface area contributed by atoms with Crippen LogP contribution in [0.25, 0.3) is 110 Å². The highest BCUT2D eigenvalue weighted by Gasteiger charge is 2.32. The molecular weight excluding hydrogens is 901 g/mol. The minimum atomic E-state index is 0.825. The van der Waals surface area contributed by atoms with Crippen LogP contribution in [0.4, 0.5) is 34.1 Å². The molecule has 0 amide bonds. The molecule has 0 spiro atoms. The molecule has 4 nitrogen and oxygen atoms in total. The highest BCUT2D eigenvalue weighted by Crippen LogP contribution is 2.58. The highest BCUT2D eigenvalue weighted by molar-refractivity contribution is 6.30. The molecule has 2 heterocycles. The van der Waals surface area contributed by atoms with Crippen molar-refractivity contribution in [2.45, 2.75) is 0 Å². The Bertz CT molecular complexity index is 4200. The largest absolute Gasteiger partial charge is 0.453 e. The van der Waals surface area contributed by atoms with E-state index in [1.807, 2.05) is 0 Å². The van der Waals surface area contributed by atoms with Gasteiger partial charge in [-0.3, -0.25) is 0 Å². The Hall–Kier alpha value is -9.90. The van der Waals surface area contributed by atoms with Crippen LogP contribution in [0.5, 0.6) is 23.0 Å². The summed E-state index contributed by atoms with van der Waals surface area (Å²) in [5.74, 6) is 3.30. The average molecular weight is 941 g/mol. The molecule has 0 unspecified atom stereocenters. The van der Waals surface area contributed by atoms with Crippen molar-refractivity contribution in [1.82, 2.24) is 0 Å². The van der Waals surface area contributed by atoms with Crippen LogP contribution < -0.4 is 19.3 Å². The normalized spacial score (nSPS) is 13.0. The van der Waals surface area contributed by atoms with E-state index in [0.29, 0.717) is 0 Å². The van der Waals surface area contributed by atoms with Gasteiger partial charge < -0.3 is 19.3 Å². The maximum absolute atomic E-state index is 6.59. The Morgan fingerprint density at radius 1 is 0.216 bits per heavy atom. The molecule has 342 valence electrons. The van der Waals surface area contributed by atoms with Gasteiger partial charge in [0.05, 0.1) is 22.7 Å². The molecular formula is C70H40N2O2. The lowest BCUT2D eigenvalue weighted by molar-refractivity contribution is 0.477. The molecule has 0 saturated heterocycles. The van der Waals surface area contributed by atoms with Gasteiger partial charge in [0.15, 0.2) is 23.0 Å². The van der Waals surface area contributed by atoms with Crippen molar-refractivity contribution in [1.29, 1.82) is 0 Å². The summed E-state index contributed by atoms with van der Waals surface area (Å²) in [6.07, 6.45) is 0. The topological polar surface area (TPSA) is 24.9 Å². The Morgan fingerprint density at radius 3 is 0.905 bits per heavy atom. The van der Waals surface area contributed by atoms with Crippen molar-refractivity contribution in [2.75, 3.05) is 9.80 Å². The number of anilines is 6. The van der Waals surface area contributed by atoms with Crippen molar-refractivity contribution in [2.24, 2.45) is 0 Å². The maximum atomic E-state index is 6.59. The molecule has 2 aliphatic heterocycles. The lowest BCUT2D eigenvalue weighted by Crippen LogP contribution is -2.16. The molecule has 4 heteroatoms. The first-order valence-corrected chi connectivity index (χ1v) is 25.4. The van der Waals surface area contributed by atoms with Gasteiger partial charge in [-0.15, -0.1) is 0 Å². The van der Waals surface area contributed by atoms with Gasteiger partial charge in [-0.1, -0.05) is 170 Å². The van der Waals surface area contributed by atoms with Crippen LogP contribution in [-0.2, 0) is 0 Å². The minimum Gasteiger partial charge on any atom is -0.453 e. The van der Waals surface area contributed by atoms with Crippen LogP contribution in [-0.4, -0.2) is 0 Å². The summed E-state index contributed by atoms with van der Waals surface area (Å²) in [7, 11) is 0. The first kappa shape index (κ1) is 39.8. The van der Waals surface area contributed by atoms with Crippen molar-refractivity contribution >= 4 is 77.2 Å². The second kappa shape index (κ2) is 14.8. The third kappa shape index (κ3) is 5.35. The van der Waals surface area contributed by atoms with E-state index >= 15 is 0 Å². The van der Waals surface area contributed by atoms with Gasteiger partial charge in [0.1, 0.15) is 0 Å². The summed E-state index contributed by atoms with van der Waals surface area (Å²) < 4.78 is 13.2. The van der Waals surface area contributed by atoms with Gasteiger partial charge in [-0.25, -0.2) is 0 Å². The Kier molecular flexibility index (Phi) is 7.97. The molecule has 0 bridgehead atoms. The molecule has 0 atom stereocenters. The van der Waals surface area contributed by atoms with E-state index in [1.54, 1.807) is 0 Å². The maximum Gasteiger partial charge on any atom is 0.151 e. The third-order valence-corrected chi connectivity index (χ3v) is 16.1. The molecule has 17 rings (SSSR count). The fourth-order valence-corrected chi connectivity index (χ4v) is 13.1. The van der Waals surface area contributed by atoms with E-state index in [-0.39, 0.29) is 0 Å². The molecule has 2 aliphatic carbocycles. The number of ether oxygens (including phenoxy) is 2. The summed E-state index contributed by atoms with van der Waals surface area (Å²) in [6.45, 7) is 0. The van der Waals surface area contributed by atoms with E-state index in [4.69, 9.17) is 9.47 Å². The molecule has 0 saturated carbocycles. The zero-order valence-electron chi connectivity index (χ0n) is 39.8. The lowest BCUT2D eigenvalue weighted by atomic mass is 9.82. The molecule has 0 N–H and O–H groups in total. The van der Waals surface area contributed by atoms with Crippen molar-refractivity contribution < 1.29 is 9.47 Å². The third-order valence-electron chi connectivity index (χ3n) is 16.1. The van der Waals surface area contributed by atoms with E-state index < -0.39 is 0 Å². The summed E-state index contributed by atoms with van der Waals surface area (Å²) in [6, 6.07) is 88.9. The van der Waals surface area contributed by atoms with Gasteiger partial charge in [0, 0.05) is 11.4 Å². The summed E-state index contributed by atoms with van der Waals surface area (Å²) in [5.41, 5.74) is 21.2. The quantitative estimate of drug-likeness (QED) is 0.164. The zero-order chi connectivity index (χ0) is 48.2. The van der Waals surface area contributed by atoms with Crippen LogP contribution in [0.1, 0.15) is 0 Å². The predicted octanol–water partition coefficient (Wildman–Crippen LogP) is 20.1. The number of benzene rings is 13. The first-order valence-electron chi connectivity index (χ1n) is 25.4. The standard InChI is InChI=1S/C70H40N2O2/c1-3-17-45-43(15-1)47-19-13-21-49-53(37-35-51(45)67(47)49)69-55-33-31-42(72-61-25-7-11-29-65(61)74-66-30-12-8-26-62(66)72)40-58(55)70(54-38-36-52-46-18-4-2-16-44(46)48-20-14-22-50(54)68(48)52)56-34-32-41(39-57(56)69)71-59-23-5-9-27-63(59)73-64-28-10-6-24-60(64)71/h1-40H. The molecule has 0 fully saturated rings. The van der Waals surface area contributed by atoms with E-state index in [2.05, 4.69) is 252 Å². The number of fused-ring (bicyclic) bond motifs is 12. The summed E-state index contributed by atoms with van der Waals surface area (Å²) in [4.78, 5) is 4.75. The number of rotatable bonds is 4. The van der Waals surface area contributed by atoms with Crippen molar-refractivity contribution in [3.8, 4) is 89.8 Å². The molecule has 0 aromatic heterocycles. The number of para-hydroxylation sites is 8. The van der Waals surface area contributed by atoms with Crippen LogP contribution in [0, 0.1) is 0 Å². The van der Waals surface area contributed by atoms with Gasteiger partial charge >= 0.3 is 0 Å². The van der Waals surface area contributed by atoms with E-state index in [0.717, 1.165) is 57.1 Å². The summed E-state index contributed by atoms with van der Waals surface area (Å²) in [5, 5.41) is 9.77. The van der Waals surface area contributed by atoms with Crippen LogP contribution in [0.2, 0.25) is 0 Å². The first-order chi connectivity index (χ1) is 36.7. The van der Waals surface area contributed by atoms with Crippen LogP contribution in [0.15, 0.2) is 243 Å². The molecule has 0 radical (unpaired) electrons. The van der Waals surface area contributed by atoms with Gasteiger partial charge in [0.2, 0.25) is 0 Å². The Morgan fingerprint density at radius 2 is 0.527 bits per heavy atom. The monoisotopic (exact) mass is 940 g/mol. The zero-order valence-corrected chi connectivity index (χ0v) is 39.8. The lowest BCUT2D eigenvalue weighted by Gasteiger charge is -2.33.